The van der Waals surface area contributed by atoms with E-state index in [2.05, 4.69) is 15.3 Å². The number of fused-ring (bicyclic) bond motifs is 1. The molecule has 24 heavy (non-hydrogen) atoms. The normalized spacial score (nSPS) is 17.2. The molecule has 1 heterocycles. The molecule has 1 unspecified atom stereocenters. The number of nitrogens with one attached hydrogen (secondary N) is 1. The van der Waals surface area contributed by atoms with Crippen molar-refractivity contribution in [3.05, 3.63) is 58.7 Å². The van der Waals surface area contributed by atoms with Crippen LogP contribution in [0.25, 0.3) is 0 Å². The van der Waals surface area contributed by atoms with E-state index < -0.39 is 11.7 Å². The fraction of sp³-hybridized carbons (Fsp3) is 0.353. The number of carbonyl (C=O) groups is 1. The third-order valence-electron chi connectivity index (χ3n) is 4.08. The minimum atomic E-state index is -4.40. The molecule has 0 fully saturated rings. The number of carbonyl (C=O) groups excluding carboxylic acids is 1. The fourth-order valence-electron chi connectivity index (χ4n) is 2.81. The Morgan fingerprint density at radius 1 is 1.25 bits per heavy atom. The molecule has 7 heteroatoms. The smallest absolute Gasteiger partial charge is 0.349 e. The number of benzene rings is 1. The Balaban J connectivity index is 1.66. The summed E-state index contributed by atoms with van der Waals surface area (Å²) in [5, 5.41) is 2.87. The van der Waals surface area contributed by atoms with Crippen molar-refractivity contribution >= 4 is 5.91 Å². The second-order valence-electron chi connectivity index (χ2n) is 5.88. The zero-order chi connectivity index (χ0) is 17.3. The Morgan fingerprint density at radius 2 is 1.96 bits per heavy atom. The molecule has 0 bridgehead atoms. The molecule has 126 valence electrons. The molecule has 1 aliphatic rings. The molecule has 0 saturated carbocycles. The van der Waals surface area contributed by atoms with Gasteiger partial charge in [0, 0.05) is 23.5 Å². The van der Waals surface area contributed by atoms with Gasteiger partial charge in [-0.05, 0) is 56.0 Å². The number of hydrogen-bond donors (Lipinski definition) is 1. The van der Waals surface area contributed by atoms with Gasteiger partial charge in [-0.25, -0.2) is 9.97 Å². The van der Waals surface area contributed by atoms with Gasteiger partial charge < -0.3 is 5.32 Å². The maximum absolute atomic E-state index is 12.6. The third kappa shape index (κ3) is 3.55. The van der Waals surface area contributed by atoms with E-state index in [1.54, 1.807) is 6.20 Å². The first kappa shape index (κ1) is 16.4. The van der Waals surface area contributed by atoms with Crippen molar-refractivity contribution in [2.24, 2.45) is 0 Å². The van der Waals surface area contributed by atoms with E-state index in [9.17, 15) is 18.0 Å². The summed E-state index contributed by atoms with van der Waals surface area (Å²) in [5.41, 5.74) is 1.46. The van der Waals surface area contributed by atoms with E-state index >= 15 is 0 Å². The van der Waals surface area contributed by atoms with Crippen molar-refractivity contribution in [3.63, 3.8) is 0 Å². The summed E-state index contributed by atoms with van der Waals surface area (Å²) in [5.74, 6) is 0.353. The molecule has 1 aromatic carbocycles. The van der Waals surface area contributed by atoms with E-state index in [4.69, 9.17) is 0 Å². The summed E-state index contributed by atoms with van der Waals surface area (Å²) in [6.07, 6.45) is -0.511. The van der Waals surface area contributed by atoms with E-state index in [-0.39, 0.29) is 17.5 Å². The number of amides is 1. The highest BCUT2D eigenvalue weighted by Gasteiger charge is 2.30. The monoisotopic (exact) mass is 335 g/mol. The first-order valence-electron chi connectivity index (χ1n) is 7.62. The van der Waals surface area contributed by atoms with Crippen LogP contribution in [0, 0.1) is 6.92 Å². The summed E-state index contributed by atoms with van der Waals surface area (Å²) >= 11 is 0. The topological polar surface area (TPSA) is 54.9 Å². The van der Waals surface area contributed by atoms with Crippen molar-refractivity contribution in [3.8, 4) is 0 Å². The molecule has 1 aromatic heterocycles. The molecule has 1 amide bonds. The van der Waals surface area contributed by atoms with Crippen LogP contribution in [0.2, 0.25) is 0 Å². The minimum Gasteiger partial charge on any atom is -0.349 e. The molecule has 0 spiro atoms. The maximum atomic E-state index is 12.6. The fourth-order valence-corrected chi connectivity index (χ4v) is 2.81. The van der Waals surface area contributed by atoms with Crippen LogP contribution in [0.5, 0.6) is 0 Å². The first-order chi connectivity index (χ1) is 11.3. The van der Waals surface area contributed by atoms with Crippen LogP contribution >= 0.6 is 0 Å². The average molecular weight is 335 g/mol. The lowest BCUT2D eigenvalue weighted by Gasteiger charge is -2.24. The molecule has 0 aliphatic heterocycles. The van der Waals surface area contributed by atoms with Crippen molar-refractivity contribution in [2.45, 2.75) is 38.4 Å². The molecular weight excluding hydrogens is 319 g/mol. The molecule has 0 saturated heterocycles. The average Bonchev–Trinajstić information content (AvgIpc) is 2.54. The van der Waals surface area contributed by atoms with Gasteiger partial charge >= 0.3 is 6.18 Å². The van der Waals surface area contributed by atoms with Gasteiger partial charge in [0.15, 0.2) is 0 Å². The number of alkyl halides is 3. The molecule has 3 rings (SSSR count). The second kappa shape index (κ2) is 6.22. The minimum absolute atomic E-state index is 0.0707. The van der Waals surface area contributed by atoms with Crippen LogP contribution in [0.1, 0.15) is 39.4 Å². The van der Waals surface area contributed by atoms with Gasteiger partial charge in [-0.3, -0.25) is 4.79 Å². The quantitative estimate of drug-likeness (QED) is 0.917. The van der Waals surface area contributed by atoms with Crippen LogP contribution in [0.4, 0.5) is 13.2 Å². The summed E-state index contributed by atoms with van der Waals surface area (Å²) in [4.78, 5) is 20.8. The van der Waals surface area contributed by atoms with Crippen molar-refractivity contribution in [2.75, 3.05) is 0 Å². The van der Waals surface area contributed by atoms with Gasteiger partial charge in [-0.2, -0.15) is 13.2 Å². The maximum Gasteiger partial charge on any atom is 0.416 e. The van der Waals surface area contributed by atoms with E-state index in [0.717, 1.165) is 42.1 Å². The van der Waals surface area contributed by atoms with Crippen LogP contribution in [-0.2, 0) is 19.0 Å². The van der Waals surface area contributed by atoms with Crippen LogP contribution in [0.15, 0.2) is 30.5 Å². The summed E-state index contributed by atoms with van der Waals surface area (Å²) in [6, 6.07) is 4.16. The SMILES string of the molecule is Cc1ncc2c(n1)CCC(NC(=O)c1ccc(C(F)(F)F)cc1)C2. The highest BCUT2D eigenvalue weighted by atomic mass is 19.4. The first-order valence-corrected chi connectivity index (χ1v) is 7.62. The predicted octanol–water partition coefficient (Wildman–Crippen LogP) is 3.09. The van der Waals surface area contributed by atoms with Crippen molar-refractivity contribution < 1.29 is 18.0 Å². The summed E-state index contributed by atoms with van der Waals surface area (Å²) < 4.78 is 37.7. The molecule has 4 nitrogen and oxygen atoms in total. The number of aromatic nitrogens is 2. The second-order valence-corrected chi connectivity index (χ2v) is 5.88. The van der Waals surface area contributed by atoms with Crippen LogP contribution in [-0.4, -0.2) is 21.9 Å². The van der Waals surface area contributed by atoms with Gasteiger partial charge in [0.2, 0.25) is 0 Å². The summed E-state index contributed by atoms with van der Waals surface area (Å²) in [7, 11) is 0. The Bertz CT molecular complexity index is 757. The lowest BCUT2D eigenvalue weighted by Crippen LogP contribution is -2.39. The Kier molecular flexibility index (Phi) is 4.26. The van der Waals surface area contributed by atoms with E-state index in [0.29, 0.717) is 6.42 Å². The largest absolute Gasteiger partial charge is 0.416 e. The van der Waals surface area contributed by atoms with Gasteiger partial charge in [-0.15, -0.1) is 0 Å². The zero-order valence-electron chi connectivity index (χ0n) is 13.0. The predicted molar refractivity (Wildman–Crippen MR) is 81.5 cm³/mol. The van der Waals surface area contributed by atoms with Crippen molar-refractivity contribution in [1.82, 2.24) is 15.3 Å². The number of halogens is 3. The number of rotatable bonds is 2. The zero-order valence-corrected chi connectivity index (χ0v) is 13.0. The highest BCUT2D eigenvalue weighted by Crippen LogP contribution is 2.29. The van der Waals surface area contributed by atoms with E-state index in [1.807, 2.05) is 6.92 Å². The molecule has 1 aliphatic carbocycles. The molecule has 1 atom stereocenters. The van der Waals surface area contributed by atoms with Gasteiger partial charge in [0.05, 0.1) is 5.56 Å². The lowest BCUT2D eigenvalue weighted by atomic mass is 9.92. The Hall–Kier alpha value is -2.44. The Labute approximate surface area is 137 Å². The van der Waals surface area contributed by atoms with Crippen LogP contribution in [0.3, 0.4) is 0 Å². The lowest BCUT2D eigenvalue weighted by molar-refractivity contribution is -0.137. The van der Waals surface area contributed by atoms with Crippen molar-refractivity contribution in [1.29, 1.82) is 0 Å². The van der Waals surface area contributed by atoms with Gasteiger partial charge in [0.25, 0.3) is 5.91 Å². The molecule has 0 radical (unpaired) electrons. The van der Waals surface area contributed by atoms with Crippen LogP contribution < -0.4 is 5.32 Å². The van der Waals surface area contributed by atoms with E-state index in [1.165, 1.54) is 12.1 Å². The molecular formula is C17H16F3N3O. The number of nitrogens with zero attached hydrogens (tertiary/aromatic N) is 2. The number of aryl methyl sites for hydroxylation is 2. The molecule has 2 aromatic rings. The van der Waals surface area contributed by atoms with Gasteiger partial charge in [0.1, 0.15) is 5.82 Å². The third-order valence-corrected chi connectivity index (χ3v) is 4.08. The molecule has 1 N–H and O–H groups in total. The standard InChI is InChI=1S/C17H16F3N3O/c1-10-21-9-12-8-14(6-7-15(12)22-10)23-16(24)11-2-4-13(5-3-11)17(18,19)20/h2-5,9,14H,6-8H2,1H3,(H,23,24). The Morgan fingerprint density at radius 3 is 2.62 bits per heavy atom. The highest BCUT2D eigenvalue weighted by molar-refractivity contribution is 5.94. The summed E-state index contributed by atoms with van der Waals surface area (Å²) in [6.45, 7) is 1.83. The van der Waals surface area contributed by atoms with Gasteiger partial charge in [-0.1, -0.05) is 0 Å². The number of hydrogen-bond acceptors (Lipinski definition) is 3.